The third-order valence-electron chi connectivity index (χ3n) is 4.60. The Morgan fingerprint density at radius 3 is 2.80 bits per heavy atom. The van der Waals surface area contributed by atoms with Crippen LogP contribution < -0.4 is 5.32 Å². The Morgan fingerprint density at radius 2 is 2.16 bits per heavy atom. The van der Waals surface area contributed by atoms with Crippen LogP contribution in [0.2, 0.25) is 0 Å². The lowest BCUT2D eigenvalue weighted by atomic mass is 9.87. The van der Waals surface area contributed by atoms with E-state index in [1.54, 1.807) is 11.0 Å². The first-order valence-electron chi connectivity index (χ1n) is 8.54. The summed E-state index contributed by atoms with van der Waals surface area (Å²) in [7, 11) is 0. The molecule has 2 amide bonds. The number of ketones is 1. The van der Waals surface area contributed by atoms with Crippen molar-refractivity contribution < 1.29 is 23.5 Å². The SMILES string of the molecule is CC(C)(C)C[C@H](NC(=O)c1ccoc1)C(=O)N1CC[C@H]2OCC(=O)[C@H]21. The quantitative estimate of drug-likeness (QED) is 0.888. The number of amides is 2. The second-order valence-electron chi connectivity index (χ2n) is 7.88. The van der Waals surface area contributed by atoms with Crippen LogP contribution in [0.25, 0.3) is 0 Å². The molecular formula is C18H24N2O5. The summed E-state index contributed by atoms with van der Waals surface area (Å²) in [5.74, 6) is -0.647. The smallest absolute Gasteiger partial charge is 0.255 e. The van der Waals surface area contributed by atoms with Crippen LogP contribution in [0.1, 0.15) is 44.0 Å². The first-order valence-corrected chi connectivity index (χ1v) is 8.54. The van der Waals surface area contributed by atoms with Crippen LogP contribution in [0, 0.1) is 5.41 Å². The fourth-order valence-electron chi connectivity index (χ4n) is 3.49. The number of fused-ring (bicyclic) bond motifs is 1. The maximum atomic E-state index is 13.1. The number of likely N-dealkylation sites (tertiary alicyclic amines) is 1. The van der Waals surface area contributed by atoms with Gasteiger partial charge in [0.25, 0.3) is 5.91 Å². The van der Waals surface area contributed by atoms with Gasteiger partial charge in [0, 0.05) is 6.54 Å². The molecule has 2 fully saturated rings. The Morgan fingerprint density at radius 1 is 1.40 bits per heavy atom. The molecule has 1 aromatic rings. The van der Waals surface area contributed by atoms with Crippen molar-refractivity contribution in [1.82, 2.24) is 10.2 Å². The highest BCUT2D eigenvalue weighted by atomic mass is 16.5. The molecule has 7 nitrogen and oxygen atoms in total. The molecule has 0 unspecified atom stereocenters. The van der Waals surface area contributed by atoms with Crippen molar-refractivity contribution in [3.05, 3.63) is 24.2 Å². The molecule has 3 atom stereocenters. The third-order valence-corrected chi connectivity index (χ3v) is 4.60. The van der Waals surface area contributed by atoms with Gasteiger partial charge in [-0.1, -0.05) is 20.8 Å². The Kier molecular flexibility index (Phi) is 4.69. The zero-order valence-electron chi connectivity index (χ0n) is 14.8. The van der Waals surface area contributed by atoms with E-state index in [4.69, 9.17) is 9.15 Å². The van der Waals surface area contributed by atoms with Gasteiger partial charge < -0.3 is 19.4 Å². The Hall–Kier alpha value is -2.15. The van der Waals surface area contributed by atoms with E-state index in [-0.39, 0.29) is 35.7 Å². The van der Waals surface area contributed by atoms with Crippen LogP contribution in [-0.2, 0) is 14.3 Å². The van der Waals surface area contributed by atoms with Crippen molar-refractivity contribution in [3.8, 4) is 0 Å². The zero-order valence-corrected chi connectivity index (χ0v) is 14.8. The van der Waals surface area contributed by atoms with Gasteiger partial charge in [0.2, 0.25) is 5.91 Å². The summed E-state index contributed by atoms with van der Waals surface area (Å²) in [6, 6.07) is 0.337. The molecule has 25 heavy (non-hydrogen) atoms. The molecule has 0 spiro atoms. The number of nitrogens with zero attached hydrogens (tertiary/aromatic N) is 1. The van der Waals surface area contributed by atoms with Crippen LogP contribution in [-0.4, -0.2) is 53.8 Å². The number of carbonyl (C=O) groups excluding carboxylic acids is 3. The van der Waals surface area contributed by atoms with Gasteiger partial charge in [-0.05, 0) is 24.3 Å². The highest BCUT2D eigenvalue weighted by molar-refractivity contribution is 5.99. The normalized spacial score (nSPS) is 24.3. The van der Waals surface area contributed by atoms with Gasteiger partial charge in [0.1, 0.15) is 25.0 Å². The highest BCUT2D eigenvalue weighted by Gasteiger charge is 2.48. The molecule has 0 bridgehead atoms. The molecule has 0 radical (unpaired) electrons. The third kappa shape index (κ3) is 3.76. The van der Waals surface area contributed by atoms with Crippen molar-refractivity contribution in [3.63, 3.8) is 0 Å². The van der Waals surface area contributed by atoms with Crippen molar-refractivity contribution in [2.24, 2.45) is 5.41 Å². The Labute approximate surface area is 146 Å². The molecule has 136 valence electrons. The number of rotatable bonds is 4. The van der Waals surface area contributed by atoms with Crippen molar-refractivity contribution in [2.75, 3.05) is 13.2 Å². The number of furan rings is 1. The van der Waals surface area contributed by atoms with Crippen LogP contribution in [0.4, 0.5) is 0 Å². The van der Waals surface area contributed by atoms with E-state index < -0.39 is 12.1 Å². The van der Waals surface area contributed by atoms with E-state index >= 15 is 0 Å². The molecule has 7 heteroatoms. The molecule has 0 aliphatic carbocycles. The number of hydrogen-bond donors (Lipinski definition) is 1. The van der Waals surface area contributed by atoms with E-state index in [1.807, 2.05) is 20.8 Å². The first-order chi connectivity index (χ1) is 11.8. The molecule has 2 saturated heterocycles. The molecule has 2 aliphatic heterocycles. The van der Waals surface area contributed by atoms with Gasteiger partial charge in [-0.15, -0.1) is 0 Å². The van der Waals surface area contributed by atoms with Crippen LogP contribution >= 0.6 is 0 Å². The summed E-state index contributed by atoms with van der Waals surface area (Å²) in [5, 5.41) is 2.81. The first kappa shape index (κ1) is 17.7. The van der Waals surface area contributed by atoms with E-state index in [9.17, 15) is 14.4 Å². The Bertz CT molecular complexity index is 662. The summed E-state index contributed by atoms with van der Waals surface area (Å²) in [4.78, 5) is 39.1. The minimum atomic E-state index is -0.699. The number of nitrogens with one attached hydrogen (secondary N) is 1. The number of ether oxygens (including phenoxy) is 1. The van der Waals surface area contributed by atoms with Gasteiger partial charge in [0.05, 0.1) is 17.9 Å². The molecule has 0 saturated carbocycles. The number of hydrogen-bond acceptors (Lipinski definition) is 5. The maximum absolute atomic E-state index is 13.1. The monoisotopic (exact) mass is 348 g/mol. The lowest BCUT2D eigenvalue weighted by Gasteiger charge is -2.31. The van der Waals surface area contributed by atoms with E-state index in [0.717, 1.165) is 0 Å². The highest BCUT2D eigenvalue weighted by Crippen LogP contribution is 2.29. The number of carbonyl (C=O) groups is 3. The number of Topliss-reactive ketones (excluding diaryl/α,β-unsaturated/α-hetero) is 1. The predicted octanol–water partition coefficient (Wildman–Crippen LogP) is 1.38. The van der Waals surface area contributed by atoms with E-state index in [0.29, 0.717) is 24.9 Å². The van der Waals surface area contributed by atoms with Gasteiger partial charge in [-0.25, -0.2) is 0 Å². The molecule has 0 aromatic carbocycles. The lowest BCUT2D eigenvalue weighted by molar-refractivity contribution is -0.138. The fourth-order valence-corrected chi connectivity index (χ4v) is 3.49. The summed E-state index contributed by atoms with van der Waals surface area (Å²) in [6.07, 6.45) is 3.66. The molecule has 1 N–H and O–H groups in total. The van der Waals surface area contributed by atoms with E-state index in [1.165, 1.54) is 12.5 Å². The average Bonchev–Trinajstić information content (AvgIpc) is 3.23. The average molecular weight is 348 g/mol. The Balaban J connectivity index is 1.77. The minimum Gasteiger partial charge on any atom is -0.472 e. The van der Waals surface area contributed by atoms with Crippen molar-refractivity contribution in [2.45, 2.75) is 51.8 Å². The summed E-state index contributed by atoms with van der Waals surface area (Å²) in [5.41, 5.74) is 0.200. The minimum absolute atomic E-state index is 0.0599. The van der Waals surface area contributed by atoms with Gasteiger partial charge in [0.15, 0.2) is 5.78 Å². The second-order valence-corrected chi connectivity index (χ2v) is 7.88. The summed E-state index contributed by atoms with van der Waals surface area (Å²) >= 11 is 0. The standard InChI is InChI=1S/C18H24N2O5/c1-18(2,3)8-12(19-16(22)11-5-7-24-9-11)17(23)20-6-4-14-15(20)13(21)10-25-14/h5,7,9,12,14-15H,4,6,8,10H2,1-3H3,(H,19,22)/t12-,14+,15+/m0/s1. The second kappa shape index (κ2) is 6.63. The van der Waals surface area contributed by atoms with Crippen molar-refractivity contribution >= 4 is 17.6 Å². The van der Waals surface area contributed by atoms with Gasteiger partial charge >= 0.3 is 0 Å². The summed E-state index contributed by atoms with van der Waals surface area (Å²) < 4.78 is 10.4. The fraction of sp³-hybridized carbons (Fsp3) is 0.611. The van der Waals surface area contributed by atoms with Crippen molar-refractivity contribution in [1.29, 1.82) is 0 Å². The molecule has 3 heterocycles. The van der Waals surface area contributed by atoms with Crippen LogP contribution in [0.5, 0.6) is 0 Å². The largest absolute Gasteiger partial charge is 0.472 e. The predicted molar refractivity (Wildman–Crippen MR) is 88.9 cm³/mol. The molecule has 1 aromatic heterocycles. The topological polar surface area (TPSA) is 88.8 Å². The van der Waals surface area contributed by atoms with Gasteiger partial charge in [-0.2, -0.15) is 0 Å². The zero-order chi connectivity index (χ0) is 18.2. The summed E-state index contributed by atoms with van der Waals surface area (Å²) in [6.45, 7) is 6.56. The van der Waals surface area contributed by atoms with Crippen LogP contribution in [0.3, 0.4) is 0 Å². The van der Waals surface area contributed by atoms with Crippen LogP contribution in [0.15, 0.2) is 23.0 Å². The molecule has 2 aliphatic rings. The molecule has 3 rings (SSSR count). The lowest BCUT2D eigenvalue weighted by Crippen LogP contribution is -2.53. The molecular weight excluding hydrogens is 324 g/mol. The maximum Gasteiger partial charge on any atom is 0.255 e. The van der Waals surface area contributed by atoms with Gasteiger partial charge in [-0.3, -0.25) is 14.4 Å². The van der Waals surface area contributed by atoms with E-state index in [2.05, 4.69) is 5.32 Å².